The second-order valence-electron chi connectivity index (χ2n) is 5.46. The second kappa shape index (κ2) is 6.01. The van der Waals surface area contributed by atoms with E-state index in [1.807, 2.05) is 6.92 Å². The van der Waals surface area contributed by atoms with Gasteiger partial charge in [0.05, 0.1) is 22.7 Å². The van der Waals surface area contributed by atoms with Crippen molar-refractivity contribution in [2.45, 2.75) is 58.0 Å². The molecule has 106 valence electrons. The van der Waals surface area contributed by atoms with Gasteiger partial charge in [0.15, 0.2) is 0 Å². The van der Waals surface area contributed by atoms with Gasteiger partial charge < -0.3 is 10.4 Å². The predicted octanol–water partition coefficient (Wildman–Crippen LogP) is 2.11. The molecule has 0 atom stereocenters. The van der Waals surface area contributed by atoms with Crippen LogP contribution in [-0.2, 0) is 11.2 Å². The molecule has 2 N–H and O–H groups in total. The molecule has 19 heavy (non-hydrogen) atoms. The SMILES string of the molecule is Cc1nc(CCNC(=O)CC2(O)CCCC2)sc1C. The van der Waals surface area contributed by atoms with Crippen molar-refractivity contribution >= 4 is 17.2 Å². The maximum Gasteiger partial charge on any atom is 0.222 e. The predicted molar refractivity (Wildman–Crippen MR) is 76.3 cm³/mol. The zero-order valence-electron chi connectivity index (χ0n) is 11.7. The van der Waals surface area contributed by atoms with Crippen LogP contribution in [0.15, 0.2) is 0 Å². The van der Waals surface area contributed by atoms with E-state index in [2.05, 4.69) is 17.2 Å². The Kier molecular flexibility index (Phi) is 4.58. The quantitative estimate of drug-likeness (QED) is 0.869. The zero-order valence-corrected chi connectivity index (χ0v) is 12.5. The lowest BCUT2D eigenvalue weighted by molar-refractivity contribution is -0.125. The second-order valence-corrected chi connectivity index (χ2v) is 6.75. The van der Waals surface area contributed by atoms with Gasteiger partial charge in [-0.3, -0.25) is 4.79 Å². The van der Waals surface area contributed by atoms with Gasteiger partial charge in [0, 0.05) is 17.8 Å². The fourth-order valence-electron chi connectivity index (χ4n) is 2.53. The number of amides is 1. The van der Waals surface area contributed by atoms with Crippen molar-refractivity contribution in [3.63, 3.8) is 0 Å². The first kappa shape index (κ1) is 14.5. The molecular formula is C14H22N2O2S. The number of rotatable bonds is 5. The van der Waals surface area contributed by atoms with Gasteiger partial charge in [-0.15, -0.1) is 11.3 Å². The minimum atomic E-state index is -0.752. The summed E-state index contributed by atoms with van der Waals surface area (Å²) in [4.78, 5) is 17.5. The van der Waals surface area contributed by atoms with Crippen LogP contribution in [0.2, 0.25) is 0 Å². The third kappa shape index (κ3) is 4.01. The van der Waals surface area contributed by atoms with Crippen LogP contribution in [0.3, 0.4) is 0 Å². The van der Waals surface area contributed by atoms with E-state index in [1.165, 1.54) is 4.88 Å². The number of thiazole rings is 1. The molecule has 0 radical (unpaired) electrons. The number of aromatic nitrogens is 1. The van der Waals surface area contributed by atoms with Crippen LogP contribution in [0.5, 0.6) is 0 Å². The lowest BCUT2D eigenvalue weighted by Gasteiger charge is -2.20. The Hall–Kier alpha value is -0.940. The average molecular weight is 282 g/mol. The van der Waals surface area contributed by atoms with Crippen molar-refractivity contribution in [2.24, 2.45) is 0 Å². The molecule has 4 nitrogen and oxygen atoms in total. The largest absolute Gasteiger partial charge is 0.389 e. The molecule has 1 fully saturated rings. The Balaban J connectivity index is 1.72. The molecule has 1 aromatic rings. The molecule has 0 bridgehead atoms. The highest BCUT2D eigenvalue weighted by atomic mass is 32.1. The molecular weight excluding hydrogens is 260 g/mol. The summed E-state index contributed by atoms with van der Waals surface area (Å²) in [6, 6.07) is 0. The summed E-state index contributed by atoms with van der Waals surface area (Å²) in [5, 5.41) is 14.1. The topological polar surface area (TPSA) is 62.2 Å². The molecule has 0 unspecified atom stereocenters. The van der Waals surface area contributed by atoms with Crippen molar-refractivity contribution in [3.8, 4) is 0 Å². The Bertz CT molecular complexity index is 431. The summed E-state index contributed by atoms with van der Waals surface area (Å²) in [5.41, 5.74) is 0.324. The van der Waals surface area contributed by atoms with Crippen LogP contribution >= 0.6 is 11.3 Å². The molecule has 1 aliphatic carbocycles. The van der Waals surface area contributed by atoms with Crippen molar-refractivity contribution in [1.82, 2.24) is 10.3 Å². The van der Waals surface area contributed by atoms with Gasteiger partial charge in [-0.2, -0.15) is 0 Å². The lowest BCUT2D eigenvalue weighted by Crippen LogP contribution is -2.35. The van der Waals surface area contributed by atoms with Crippen LogP contribution in [-0.4, -0.2) is 28.1 Å². The van der Waals surface area contributed by atoms with Gasteiger partial charge in [-0.05, 0) is 26.7 Å². The summed E-state index contributed by atoms with van der Waals surface area (Å²) in [6.45, 7) is 4.66. The molecule has 0 saturated heterocycles. The lowest BCUT2D eigenvalue weighted by atomic mass is 9.98. The standard InChI is InChI=1S/C14H22N2O2S/c1-10-11(2)19-13(16-10)5-8-15-12(17)9-14(18)6-3-4-7-14/h18H,3-9H2,1-2H3,(H,15,17). The first-order valence-electron chi connectivity index (χ1n) is 6.90. The van der Waals surface area contributed by atoms with Crippen molar-refractivity contribution in [1.29, 1.82) is 0 Å². The molecule has 0 aliphatic heterocycles. The molecule has 1 aromatic heterocycles. The number of hydrogen-bond acceptors (Lipinski definition) is 4. The summed E-state index contributed by atoms with van der Waals surface area (Å²) in [7, 11) is 0. The minimum Gasteiger partial charge on any atom is -0.389 e. The van der Waals surface area contributed by atoms with E-state index in [9.17, 15) is 9.90 Å². The number of carbonyl (C=O) groups is 1. The third-order valence-corrected chi connectivity index (χ3v) is 4.89. The van der Waals surface area contributed by atoms with Crippen LogP contribution in [0.1, 0.15) is 47.7 Å². The number of aryl methyl sites for hydroxylation is 2. The first-order chi connectivity index (χ1) is 8.98. The highest BCUT2D eigenvalue weighted by Gasteiger charge is 2.33. The van der Waals surface area contributed by atoms with Crippen LogP contribution < -0.4 is 5.32 Å². The van der Waals surface area contributed by atoms with E-state index in [-0.39, 0.29) is 12.3 Å². The smallest absolute Gasteiger partial charge is 0.222 e. The molecule has 0 spiro atoms. The molecule has 5 heteroatoms. The van der Waals surface area contributed by atoms with Crippen molar-refractivity contribution < 1.29 is 9.90 Å². The van der Waals surface area contributed by atoms with Crippen LogP contribution in [0, 0.1) is 13.8 Å². The number of carbonyl (C=O) groups excluding carboxylic acids is 1. The highest BCUT2D eigenvalue weighted by Crippen LogP contribution is 2.32. The Labute approximate surface area is 118 Å². The highest BCUT2D eigenvalue weighted by molar-refractivity contribution is 7.11. The van der Waals surface area contributed by atoms with E-state index >= 15 is 0 Å². The summed E-state index contributed by atoms with van der Waals surface area (Å²) in [6.07, 6.45) is 4.58. The fraction of sp³-hybridized carbons (Fsp3) is 0.714. The Morgan fingerprint density at radius 3 is 2.68 bits per heavy atom. The van der Waals surface area contributed by atoms with Gasteiger partial charge in [-0.25, -0.2) is 4.98 Å². The van der Waals surface area contributed by atoms with E-state index in [0.29, 0.717) is 6.54 Å². The molecule has 1 aliphatic rings. The normalized spacial score (nSPS) is 17.6. The third-order valence-electron chi connectivity index (χ3n) is 3.76. The van der Waals surface area contributed by atoms with E-state index in [0.717, 1.165) is 42.8 Å². The Morgan fingerprint density at radius 2 is 2.11 bits per heavy atom. The number of aliphatic hydroxyl groups is 1. The molecule has 0 aromatic carbocycles. The van der Waals surface area contributed by atoms with Crippen molar-refractivity contribution in [3.05, 3.63) is 15.6 Å². The maximum absolute atomic E-state index is 11.8. The van der Waals surface area contributed by atoms with Crippen LogP contribution in [0.25, 0.3) is 0 Å². The average Bonchev–Trinajstić information content (AvgIpc) is 2.87. The van der Waals surface area contributed by atoms with Crippen molar-refractivity contribution in [2.75, 3.05) is 6.54 Å². The fourth-order valence-corrected chi connectivity index (χ4v) is 3.46. The molecule has 1 saturated carbocycles. The minimum absolute atomic E-state index is 0.0469. The van der Waals surface area contributed by atoms with Gasteiger partial charge in [0.2, 0.25) is 5.91 Å². The monoisotopic (exact) mass is 282 g/mol. The first-order valence-corrected chi connectivity index (χ1v) is 7.72. The van der Waals surface area contributed by atoms with E-state index in [1.54, 1.807) is 11.3 Å². The molecule has 1 heterocycles. The maximum atomic E-state index is 11.8. The summed E-state index contributed by atoms with van der Waals surface area (Å²) >= 11 is 1.69. The van der Waals surface area contributed by atoms with E-state index < -0.39 is 5.60 Å². The van der Waals surface area contributed by atoms with Gasteiger partial charge >= 0.3 is 0 Å². The van der Waals surface area contributed by atoms with Gasteiger partial charge in [0.25, 0.3) is 0 Å². The number of nitrogens with one attached hydrogen (secondary N) is 1. The Morgan fingerprint density at radius 1 is 1.42 bits per heavy atom. The molecule has 2 rings (SSSR count). The van der Waals surface area contributed by atoms with Crippen LogP contribution in [0.4, 0.5) is 0 Å². The van der Waals surface area contributed by atoms with Gasteiger partial charge in [0.1, 0.15) is 0 Å². The molecule has 1 amide bonds. The van der Waals surface area contributed by atoms with E-state index in [4.69, 9.17) is 0 Å². The summed E-state index contributed by atoms with van der Waals surface area (Å²) in [5.74, 6) is -0.0469. The zero-order chi connectivity index (χ0) is 13.9. The number of nitrogens with zero attached hydrogens (tertiary/aromatic N) is 1. The van der Waals surface area contributed by atoms with Gasteiger partial charge in [-0.1, -0.05) is 12.8 Å². The summed E-state index contributed by atoms with van der Waals surface area (Å²) < 4.78 is 0. The number of hydrogen-bond donors (Lipinski definition) is 2.